The highest BCUT2D eigenvalue weighted by Crippen LogP contribution is 2.29. The smallest absolute Gasteiger partial charge is 0.238 e. The molecule has 1 heterocycles. The molecule has 19 heavy (non-hydrogen) atoms. The third-order valence-corrected chi connectivity index (χ3v) is 3.77. The van der Waals surface area contributed by atoms with Crippen molar-refractivity contribution >= 4 is 34.8 Å². The summed E-state index contributed by atoms with van der Waals surface area (Å²) < 4.78 is 0. The van der Waals surface area contributed by atoms with Crippen LogP contribution in [0, 0.1) is 0 Å². The fourth-order valence-electron chi connectivity index (χ4n) is 2.23. The molecule has 1 aliphatic heterocycles. The van der Waals surface area contributed by atoms with E-state index in [-0.39, 0.29) is 11.9 Å². The average Bonchev–Trinajstić information content (AvgIpc) is 2.34. The van der Waals surface area contributed by atoms with Gasteiger partial charge in [-0.3, -0.25) is 9.69 Å². The third-order valence-electron chi connectivity index (χ3n) is 3.14. The Balaban J connectivity index is 1.94. The number of amides is 1. The highest BCUT2D eigenvalue weighted by atomic mass is 35.5. The van der Waals surface area contributed by atoms with Gasteiger partial charge in [-0.1, -0.05) is 29.3 Å². The van der Waals surface area contributed by atoms with E-state index in [0.29, 0.717) is 22.3 Å². The highest BCUT2D eigenvalue weighted by Gasteiger charge is 2.19. The Labute approximate surface area is 122 Å². The summed E-state index contributed by atoms with van der Waals surface area (Å²) in [5, 5.41) is 3.64. The van der Waals surface area contributed by atoms with Gasteiger partial charge < -0.3 is 11.1 Å². The van der Waals surface area contributed by atoms with Crippen LogP contribution in [0.5, 0.6) is 0 Å². The van der Waals surface area contributed by atoms with Crippen LogP contribution < -0.4 is 11.1 Å². The van der Waals surface area contributed by atoms with Gasteiger partial charge in [0.2, 0.25) is 5.91 Å². The molecule has 1 aromatic rings. The number of rotatable bonds is 3. The molecule has 1 amide bonds. The van der Waals surface area contributed by atoms with Crippen molar-refractivity contribution in [2.45, 2.75) is 18.9 Å². The second-order valence-corrected chi connectivity index (χ2v) is 5.60. The number of halogens is 2. The normalized spacial score (nSPS) is 20.3. The van der Waals surface area contributed by atoms with Crippen LogP contribution in [0.4, 0.5) is 5.69 Å². The van der Waals surface area contributed by atoms with Crippen LogP contribution in [0.15, 0.2) is 18.2 Å². The standard InChI is InChI=1S/C13H17Cl2N3O/c14-10-4-1-5-11(15)13(10)17-12(19)8-18-6-2-3-9(16)7-18/h1,4-5,9H,2-3,6-8,16H2,(H,17,19). The number of piperidine rings is 1. The Hall–Kier alpha value is -0.810. The Morgan fingerprint density at radius 2 is 2.11 bits per heavy atom. The van der Waals surface area contributed by atoms with E-state index in [9.17, 15) is 4.79 Å². The molecule has 1 saturated heterocycles. The molecule has 0 aromatic heterocycles. The van der Waals surface area contributed by atoms with E-state index in [1.807, 2.05) is 4.90 Å². The van der Waals surface area contributed by atoms with E-state index < -0.39 is 0 Å². The zero-order valence-corrected chi connectivity index (χ0v) is 12.0. The van der Waals surface area contributed by atoms with Crippen molar-refractivity contribution < 1.29 is 4.79 Å². The maximum absolute atomic E-state index is 12.0. The lowest BCUT2D eigenvalue weighted by atomic mass is 10.1. The van der Waals surface area contributed by atoms with E-state index in [4.69, 9.17) is 28.9 Å². The molecule has 0 saturated carbocycles. The largest absolute Gasteiger partial charge is 0.327 e. The van der Waals surface area contributed by atoms with E-state index in [0.717, 1.165) is 25.9 Å². The summed E-state index contributed by atoms with van der Waals surface area (Å²) in [4.78, 5) is 14.0. The molecule has 1 unspecified atom stereocenters. The summed E-state index contributed by atoms with van der Waals surface area (Å²) in [6.07, 6.45) is 2.05. The first kappa shape index (κ1) is 14.6. The van der Waals surface area contributed by atoms with E-state index >= 15 is 0 Å². The van der Waals surface area contributed by atoms with Crippen LogP contribution in [-0.4, -0.2) is 36.5 Å². The van der Waals surface area contributed by atoms with Crippen molar-refractivity contribution in [3.63, 3.8) is 0 Å². The number of carbonyl (C=O) groups excluding carboxylic acids is 1. The van der Waals surface area contributed by atoms with Crippen LogP contribution >= 0.6 is 23.2 Å². The maximum atomic E-state index is 12.0. The lowest BCUT2D eigenvalue weighted by molar-refractivity contribution is -0.117. The molecule has 0 aliphatic carbocycles. The Bertz CT molecular complexity index is 447. The van der Waals surface area contributed by atoms with Crippen LogP contribution in [0.2, 0.25) is 10.0 Å². The first-order chi connectivity index (χ1) is 9.06. The van der Waals surface area contributed by atoms with Gasteiger partial charge in [0.05, 0.1) is 22.3 Å². The monoisotopic (exact) mass is 301 g/mol. The number of nitrogens with one attached hydrogen (secondary N) is 1. The van der Waals surface area contributed by atoms with Crippen molar-refractivity contribution in [3.05, 3.63) is 28.2 Å². The van der Waals surface area contributed by atoms with Gasteiger partial charge in [0, 0.05) is 12.6 Å². The van der Waals surface area contributed by atoms with Crippen molar-refractivity contribution in [1.82, 2.24) is 4.90 Å². The molecule has 4 nitrogen and oxygen atoms in total. The SMILES string of the molecule is NC1CCCN(CC(=O)Nc2c(Cl)cccc2Cl)C1. The summed E-state index contributed by atoms with van der Waals surface area (Å²) in [5.41, 5.74) is 6.36. The van der Waals surface area contributed by atoms with Crippen molar-refractivity contribution in [3.8, 4) is 0 Å². The van der Waals surface area contributed by atoms with E-state index in [1.165, 1.54) is 0 Å². The third kappa shape index (κ3) is 4.08. The summed E-state index contributed by atoms with van der Waals surface area (Å²) in [5.74, 6) is -0.121. The average molecular weight is 302 g/mol. The van der Waals surface area contributed by atoms with Gasteiger partial charge in [0.1, 0.15) is 0 Å². The molecule has 3 N–H and O–H groups in total. The summed E-state index contributed by atoms with van der Waals surface area (Å²) in [6.45, 7) is 1.97. The second kappa shape index (κ2) is 6.57. The minimum Gasteiger partial charge on any atom is -0.327 e. The molecule has 1 atom stereocenters. The zero-order valence-electron chi connectivity index (χ0n) is 10.5. The predicted octanol–water partition coefficient (Wildman–Crippen LogP) is 2.36. The molecule has 6 heteroatoms. The van der Waals surface area contributed by atoms with Gasteiger partial charge >= 0.3 is 0 Å². The van der Waals surface area contributed by atoms with Crippen LogP contribution in [0.3, 0.4) is 0 Å². The summed E-state index contributed by atoms with van der Waals surface area (Å²) in [6, 6.07) is 5.29. The second-order valence-electron chi connectivity index (χ2n) is 4.78. The molecule has 0 bridgehead atoms. The number of nitrogens with two attached hydrogens (primary N) is 1. The number of anilines is 1. The molecule has 0 spiro atoms. The first-order valence-corrected chi connectivity index (χ1v) is 7.03. The topological polar surface area (TPSA) is 58.4 Å². The fourth-order valence-corrected chi connectivity index (χ4v) is 2.73. The minimum atomic E-state index is -0.121. The van der Waals surface area contributed by atoms with Gasteiger partial charge in [-0.2, -0.15) is 0 Å². The molecule has 0 radical (unpaired) electrons. The molecule has 1 aromatic carbocycles. The van der Waals surface area contributed by atoms with Crippen LogP contribution in [0.25, 0.3) is 0 Å². The fraction of sp³-hybridized carbons (Fsp3) is 0.462. The summed E-state index contributed by atoms with van der Waals surface area (Å²) in [7, 11) is 0. The van der Waals surface area contributed by atoms with Crippen molar-refractivity contribution in [1.29, 1.82) is 0 Å². The quantitative estimate of drug-likeness (QED) is 0.901. The van der Waals surface area contributed by atoms with Crippen molar-refractivity contribution in [2.75, 3.05) is 25.0 Å². The Morgan fingerprint density at radius 1 is 1.42 bits per heavy atom. The Kier molecular flexibility index (Phi) is 5.05. The molecular formula is C13H17Cl2N3O. The lowest BCUT2D eigenvalue weighted by Gasteiger charge is -2.30. The maximum Gasteiger partial charge on any atom is 0.238 e. The molecule has 1 fully saturated rings. The first-order valence-electron chi connectivity index (χ1n) is 6.28. The summed E-state index contributed by atoms with van der Waals surface area (Å²) >= 11 is 12.0. The minimum absolute atomic E-state index is 0.121. The zero-order chi connectivity index (χ0) is 13.8. The van der Waals surface area contributed by atoms with Crippen LogP contribution in [0.1, 0.15) is 12.8 Å². The number of hydrogen-bond donors (Lipinski definition) is 2. The highest BCUT2D eigenvalue weighted by molar-refractivity contribution is 6.39. The molecule has 104 valence electrons. The van der Waals surface area contributed by atoms with Gasteiger partial charge in [-0.25, -0.2) is 0 Å². The number of hydrogen-bond acceptors (Lipinski definition) is 3. The molecular weight excluding hydrogens is 285 g/mol. The van der Waals surface area contributed by atoms with Gasteiger partial charge in [0.15, 0.2) is 0 Å². The van der Waals surface area contributed by atoms with Crippen LogP contribution in [-0.2, 0) is 4.79 Å². The van der Waals surface area contributed by atoms with Gasteiger partial charge in [-0.15, -0.1) is 0 Å². The van der Waals surface area contributed by atoms with Gasteiger partial charge in [0.25, 0.3) is 0 Å². The number of carbonyl (C=O) groups is 1. The number of para-hydroxylation sites is 1. The lowest BCUT2D eigenvalue weighted by Crippen LogP contribution is -2.45. The van der Waals surface area contributed by atoms with Crippen molar-refractivity contribution in [2.24, 2.45) is 5.73 Å². The number of nitrogens with zero attached hydrogens (tertiary/aromatic N) is 1. The number of likely N-dealkylation sites (tertiary alicyclic amines) is 1. The number of benzene rings is 1. The molecule has 2 rings (SSSR count). The van der Waals surface area contributed by atoms with E-state index in [1.54, 1.807) is 18.2 Å². The Morgan fingerprint density at radius 3 is 2.74 bits per heavy atom. The predicted molar refractivity (Wildman–Crippen MR) is 78.7 cm³/mol. The van der Waals surface area contributed by atoms with E-state index in [2.05, 4.69) is 5.32 Å². The molecule has 1 aliphatic rings. The van der Waals surface area contributed by atoms with Gasteiger partial charge in [-0.05, 0) is 31.5 Å².